The highest BCUT2D eigenvalue weighted by atomic mass is 16.5. The van der Waals surface area contributed by atoms with E-state index in [9.17, 15) is 4.79 Å². The van der Waals surface area contributed by atoms with Crippen molar-refractivity contribution in [1.29, 1.82) is 0 Å². The highest BCUT2D eigenvalue weighted by molar-refractivity contribution is 6.13. The van der Waals surface area contributed by atoms with Crippen LogP contribution in [-0.2, 0) is 13.0 Å². The van der Waals surface area contributed by atoms with Gasteiger partial charge in [-0.25, -0.2) is 0 Å². The van der Waals surface area contributed by atoms with E-state index in [0.717, 1.165) is 36.2 Å². The first-order valence-electron chi connectivity index (χ1n) is 9.64. The van der Waals surface area contributed by atoms with Crippen LogP contribution in [-0.4, -0.2) is 31.4 Å². The molecule has 4 nitrogen and oxygen atoms in total. The summed E-state index contributed by atoms with van der Waals surface area (Å²) in [5.74, 6) is 1.68. The monoisotopic (exact) mass is 375 g/mol. The Hall–Kier alpha value is -3.01. The Morgan fingerprint density at radius 1 is 1.11 bits per heavy atom. The smallest absolute Gasteiger partial charge is 0.189 e. The molecule has 0 fully saturated rings. The second-order valence-electron chi connectivity index (χ2n) is 7.31. The van der Waals surface area contributed by atoms with Crippen LogP contribution in [0.2, 0.25) is 0 Å². The molecule has 1 aliphatic carbocycles. The van der Waals surface area contributed by atoms with Gasteiger partial charge < -0.3 is 14.4 Å². The van der Waals surface area contributed by atoms with Crippen molar-refractivity contribution in [1.82, 2.24) is 4.90 Å². The van der Waals surface area contributed by atoms with Crippen LogP contribution in [0.15, 0.2) is 66.4 Å². The molecule has 4 rings (SSSR count). The van der Waals surface area contributed by atoms with Crippen molar-refractivity contribution in [3.05, 3.63) is 83.1 Å². The van der Waals surface area contributed by atoms with Crippen LogP contribution in [0, 0.1) is 5.92 Å². The van der Waals surface area contributed by atoms with E-state index in [1.165, 1.54) is 5.56 Å². The molecular weight excluding hydrogens is 350 g/mol. The van der Waals surface area contributed by atoms with E-state index in [1.807, 2.05) is 12.1 Å². The van der Waals surface area contributed by atoms with Crippen molar-refractivity contribution in [2.45, 2.75) is 19.4 Å². The van der Waals surface area contributed by atoms with E-state index in [1.54, 1.807) is 20.3 Å². The summed E-state index contributed by atoms with van der Waals surface area (Å²) in [4.78, 5) is 15.2. The van der Waals surface area contributed by atoms with E-state index in [0.29, 0.717) is 23.8 Å². The molecule has 28 heavy (non-hydrogen) atoms. The summed E-state index contributed by atoms with van der Waals surface area (Å²) in [7, 11) is 3.21. The summed E-state index contributed by atoms with van der Waals surface area (Å²) < 4.78 is 10.7. The lowest BCUT2D eigenvalue weighted by molar-refractivity contribution is 0.103. The number of hydrogen-bond donors (Lipinski definition) is 0. The molecule has 0 aromatic heterocycles. The quantitative estimate of drug-likeness (QED) is 0.726. The molecule has 1 unspecified atom stereocenters. The van der Waals surface area contributed by atoms with Crippen LogP contribution in [0.25, 0.3) is 0 Å². The number of rotatable bonds is 5. The first kappa shape index (κ1) is 18.4. The first-order valence-corrected chi connectivity index (χ1v) is 9.64. The zero-order valence-electron chi connectivity index (χ0n) is 16.4. The minimum absolute atomic E-state index is 0.107. The molecule has 0 N–H and O–H groups in total. The van der Waals surface area contributed by atoms with Crippen LogP contribution in [0.5, 0.6) is 11.5 Å². The molecular formula is C24H25NO3. The van der Waals surface area contributed by atoms with Crippen LogP contribution in [0.3, 0.4) is 0 Å². The maximum Gasteiger partial charge on any atom is 0.189 e. The van der Waals surface area contributed by atoms with E-state index in [4.69, 9.17) is 9.47 Å². The standard InChI is InChI=1S/C24H25NO3/c1-27-22-14-19-13-20(24(26)21(19)15-23(22)28-2)12-17-8-10-25(11-9-17)16-18-6-4-3-5-7-18/h3-8,10,12,14-15,17H,9,11,13,16H2,1-2H3/b20-12-. The second kappa shape index (κ2) is 7.93. The fraction of sp³-hybridized carbons (Fsp3) is 0.292. The number of benzene rings is 2. The number of nitrogens with zero attached hydrogens (tertiary/aromatic N) is 1. The maximum absolute atomic E-state index is 12.8. The zero-order valence-corrected chi connectivity index (χ0v) is 16.4. The Morgan fingerprint density at radius 2 is 1.86 bits per heavy atom. The van der Waals surface area contributed by atoms with Gasteiger partial charge in [-0.1, -0.05) is 42.5 Å². The molecule has 0 bridgehead atoms. The molecule has 0 saturated heterocycles. The van der Waals surface area contributed by atoms with Gasteiger partial charge in [-0.05, 0) is 41.8 Å². The van der Waals surface area contributed by atoms with Gasteiger partial charge in [0.2, 0.25) is 0 Å². The minimum Gasteiger partial charge on any atom is -0.493 e. The Bertz CT molecular complexity index is 930. The normalized spacial score (nSPS) is 19.8. The molecule has 1 atom stereocenters. The molecule has 0 spiro atoms. The number of Topliss-reactive ketones (excluding diaryl/α,β-unsaturated/α-hetero) is 1. The fourth-order valence-electron chi connectivity index (χ4n) is 3.94. The van der Waals surface area contributed by atoms with Crippen LogP contribution in [0.4, 0.5) is 0 Å². The minimum atomic E-state index is 0.107. The van der Waals surface area contributed by atoms with Gasteiger partial charge in [0.25, 0.3) is 0 Å². The Morgan fingerprint density at radius 3 is 2.54 bits per heavy atom. The summed E-state index contributed by atoms with van der Waals surface area (Å²) >= 11 is 0. The van der Waals surface area contributed by atoms with Gasteiger partial charge in [-0.3, -0.25) is 4.79 Å². The third-order valence-corrected chi connectivity index (χ3v) is 5.46. The maximum atomic E-state index is 12.8. The average Bonchev–Trinajstić information content (AvgIpc) is 3.03. The molecule has 2 aromatic rings. The average molecular weight is 375 g/mol. The fourth-order valence-corrected chi connectivity index (χ4v) is 3.94. The number of carbonyl (C=O) groups is 1. The van der Waals surface area contributed by atoms with E-state index in [-0.39, 0.29) is 5.78 Å². The van der Waals surface area contributed by atoms with Crippen molar-refractivity contribution in [3.63, 3.8) is 0 Å². The molecule has 1 heterocycles. The third kappa shape index (κ3) is 3.68. The number of methoxy groups -OCH3 is 2. The highest BCUT2D eigenvalue weighted by Crippen LogP contribution is 2.37. The van der Waals surface area contributed by atoms with Gasteiger partial charge in [0.15, 0.2) is 17.3 Å². The van der Waals surface area contributed by atoms with E-state index in [2.05, 4.69) is 47.5 Å². The van der Waals surface area contributed by atoms with Crippen molar-refractivity contribution in [2.75, 3.05) is 20.8 Å². The lowest BCUT2D eigenvalue weighted by atomic mass is 9.97. The molecule has 2 aromatic carbocycles. The summed E-state index contributed by atoms with van der Waals surface area (Å²) in [5, 5.41) is 0. The number of carbonyl (C=O) groups excluding carboxylic acids is 1. The Labute approximate surface area is 166 Å². The zero-order chi connectivity index (χ0) is 19.5. The topological polar surface area (TPSA) is 38.8 Å². The van der Waals surface area contributed by atoms with Gasteiger partial charge >= 0.3 is 0 Å². The third-order valence-electron chi connectivity index (χ3n) is 5.46. The number of ether oxygens (including phenoxy) is 2. The SMILES string of the molecule is COc1cc2c(cc1OC)C(=O)/C(=C\C1C=CN(Cc3ccccc3)CC1)C2. The van der Waals surface area contributed by atoms with Crippen LogP contribution in [0.1, 0.15) is 27.9 Å². The van der Waals surface area contributed by atoms with Crippen molar-refractivity contribution in [2.24, 2.45) is 5.92 Å². The molecule has 1 aliphatic heterocycles. The number of ketones is 1. The second-order valence-corrected chi connectivity index (χ2v) is 7.31. The number of allylic oxidation sites excluding steroid dienone is 3. The van der Waals surface area contributed by atoms with Gasteiger partial charge in [0.05, 0.1) is 14.2 Å². The van der Waals surface area contributed by atoms with Crippen molar-refractivity contribution in [3.8, 4) is 11.5 Å². The highest BCUT2D eigenvalue weighted by Gasteiger charge is 2.28. The predicted octanol–water partition coefficient (Wildman–Crippen LogP) is 4.40. The van der Waals surface area contributed by atoms with Crippen molar-refractivity contribution >= 4 is 5.78 Å². The van der Waals surface area contributed by atoms with E-state index < -0.39 is 0 Å². The summed E-state index contributed by atoms with van der Waals surface area (Å²) in [6.45, 7) is 1.91. The Balaban J connectivity index is 1.46. The van der Waals surface area contributed by atoms with Gasteiger partial charge in [0, 0.05) is 30.6 Å². The lowest BCUT2D eigenvalue weighted by Gasteiger charge is -2.27. The predicted molar refractivity (Wildman–Crippen MR) is 110 cm³/mol. The van der Waals surface area contributed by atoms with Crippen molar-refractivity contribution < 1.29 is 14.3 Å². The molecule has 0 radical (unpaired) electrons. The molecule has 0 saturated carbocycles. The van der Waals surface area contributed by atoms with Gasteiger partial charge in [-0.2, -0.15) is 0 Å². The van der Waals surface area contributed by atoms with Crippen LogP contribution < -0.4 is 9.47 Å². The summed E-state index contributed by atoms with van der Waals surface area (Å²) in [6.07, 6.45) is 8.18. The molecule has 4 heteroatoms. The summed E-state index contributed by atoms with van der Waals surface area (Å²) in [6, 6.07) is 14.2. The molecule has 0 amide bonds. The molecule has 2 aliphatic rings. The first-order chi connectivity index (χ1) is 13.7. The van der Waals surface area contributed by atoms with Gasteiger partial charge in [-0.15, -0.1) is 0 Å². The van der Waals surface area contributed by atoms with E-state index >= 15 is 0 Å². The van der Waals surface area contributed by atoms with Gasteiger partial charge in [0.1, 0.15) is 0 Å². The number of fused-ring (bicyclic) bond motifs is 1. The number of hydrogen-bond acceptors (Lipinski definition) is 4. The Kier molecular flexibility index (Phi) is 5.20. The largest absolute Gasteiger partial charge is 0.493 e. The van der Waals surface area contributed by atoms with Crippen LogP contribution >= 0.6 is 0 Å². The molecule has 144 valence electrons. The lowest BCUT2D eigenvalue weighted by Crippen LogP contribution is -2.23. The summed E-state index contributed by atoms with van der Waals surface area (Å²) in [5.41, 5.74) is 3.93.